The zero-order chi connectivity index (χ0) is 15.5. The maximum absolute atomic E-state index is 5.63. The molecule has 0 N–H and O–H groups in total. The molecule has 0 saturated carbocycles. The van der Waals surface area contributed by atoms with Gasteiger partial charge in [0, 0.05) is 18.3 Å². The molecule has 0 aliphatic carbocycles. The SMILES string of the molecule is CC(C)c1noc([C@@H](C)Sc2nnc(-c3cccnc3)o2)n1. The molecule has 22 heavy (non-hydrogen) atoms. The third-order valence-electron chi connectivity index (χ3n) is 2.91. The van der Waals surface area contributed by atoms with E-state index in [1.807, 2.05) is 32.9 Å². The van der Waals surface area contributed by atoms with Crippen molar-refractivity contribution in [2.45, 2.75) is 37.2 Å². The Morgan fingerprint density at radius 2 is 2.05 bits per heavy atom. The minimum atomic E-state index is -0.0674. The van der Waals surface area contributed by atoms with Gasteiger partial charge >= 0.3 is 0 Å². The Balaban J connectivity index is 1.71. The summed E-state index contributed by atoms with van der Waals surface area (Å²) in [4.78, 5) is 8.40. The Morgan fingerprint density at radius 3 is 2.73 bits per heavy atom. The second-order valence-electron chi connectivity index (χ2n) is 5.02. The van der Waals surface area contributed by atoms with Gasteiger partial charge in [-0.15, -0.1) is 10.2 Å². The summed E-state index contributed by atoms with van der Waals surface area (Å²) in [6.45, 7) is 5.99. The van der Waals surface area contributed by atoms with Crippen molar-refractivity contribution in [3.05, 3.63) is 36.2 Å². The van der Waals surface area contributed by atoms with Crippen molar-refractivity contribution in [2.24, 2.45) is 0 Å². The lowest BCUT2D eigenvalue weighted by Crippen LogP contribution is -1.92. The van der Waals surface area contributed by atoms with E-state index in [4.69, 9.17) is 8.94 Å². The Labute approximate surface area is 131 Å². The van der Waals surface area contributed by atoms with Crippen LogP contribution in [-0.4, -0.2) is 25.3 Å². The number of thioether (sulfide) groups is 1. The van der Waals surface area contributed by atoms with Crippen LogP contribution in [0.25, 0.3) is 11.5 Å². The first-order chi connectivity index (χ1) is 10.6. The average Bonchev–Trinajstić information content (AvgIpc) is 3.17. The maximum atomic E-state index is 5.63. The van der Waals surface area contributed by atoms with Gasteiger partial charge in [0.05, 0.1) is 10.8 Å². The fourth-order valence-corrected chi connectivity index (χ4v) is 2.43. The van der Waals surface area contributed by atoms with Gasteiger partial charge in [-0.05, 0) is 19.1 Å². The molecule has 8 heteroatoms. The lowest BCUT2D eigenvalue weighted by atomic mass is 10.2. The smallest absolute Gasteiger partial charge is 0.277 e. The van der Waals surface area contributed by atoms with Crippen molar-refractivity contribution in [1.82, 2.24) is 25.3 Å². The van der Waals surface area contributed by atoms with E-state index in [-0.39, 0.29) is 11.2 Å². The second kappa shape index (κ2) is 6.27. The first-order valence-corrected chi connectivity index (χ1v) is 7.75. The molecule has 0 amide bonds. The van der Waals surface area contributed by atoms with Crippen molar-refractivity contribution >= 4 is 11.8 Å². The van der Waals surface area contributed by atoms with Crippen LogP contribution in [0, 0.1) is 0 Å². The molecule has 1 atom stereocenters. The van der Waals surface area contributed by atoms with Gasteiger partial charge in [0.2, 0.25) is 11.8 Å². The molecule has 0 aliphatic heterocycles. The number of nitrogens with zero attached hydrogens (tertiary/aromatic N) is 5. The van der Waals surface area contributed by atoms with Crippen molar-refractivity contribution in [1.29, 1.82) is 0 Å². The monoisotopic (exact) mass is 317 g/mol. The summed E-state index contributed by atoms with van der Waals surface area (Å²) in [5, 5.41) is 12.4. The highest BCUT2D eigenvalue weighted by Gasteiger charge is 2.20. The molecule has 0 spiro atoms. The van der Waals surface area contributed by atoms with E-state index in [9.17, 15) is 0 Å². The van der Waals surface area contributed by atoms with E-state index in [2.05, 4.69) is 25.3 Å². The van der Waals surface area contributed by atoms with Crippen LogP contribution in [0.1, 0.15) is 43.7 Å². The molecule has 3 rings (SSSR count). The second-order valence-corrected chi connectivity index (χ2v) is 6.31. The fourth-order valence-electron chi connectivity index (χ4n) is 1.71. The van der Waals surface area contributed by atoms with Crippen molar-refractivity contribution in [3.63, 3.8) is 0 Å². The van der Waals surface area contributed by atoms with Gasteiger partial charge in [0.1, 0.15) is 0 Å². The highest BCUT2D eigenvalue weighted by Crippen LogP contribution is 2.34. The molecule has 7 nitrogen and oxygen atoms in total. The Morgan fingerprint density at radius 1 is 1.18 bits per heavy atom. The van der Waals surface area contributed by atoms with Gasteiger partial charge in [-0.3, -0.25) is 4.98 Å². The first kappa shape index (κ1) is 14.7. The maximum Gasteiger partial charge on any atom is 0.277 e. The van der Waals surface area contributed by atoms with Crippen molar-refractivity contribution in [3.8, 4) is 11.5 Å². The molecular weight excluding hydrogens is 302 g/mol. The topological polar surface area (TPSA) is 90.7 Å². The zero-order valence-electron chi connectivity index (χ0n) is 12.4. The molecule has 0 saturated heterocycles. The van der Waals surface area contributed by atoms with Crippen LogP contribution in [0.3, 0.4) is 0 Å². The summed E-state index contributed by atoms with van der Waals surface area (Å²) in [5.41, 5.74) is 0.786. The van der Waals surface area contributed by atoms with Crippen LogP contribution in [0.4, 0.5) is 0 Å². The Hall–Kier alpha value is -2.22. The molecule has 114 valence electrons. The average molecular weight is 317 g/mol. The number of aromatic nitrogens is 5. The van der Waals surface area contributed by atoms with Crippen molar-refractivity contribution in [2.75, 3.05) is 0 Å². The lowest BCUT2D eigenvalue weighted by Gasteiger charge is -2.01. The molecule has 3 aromatic rings. The van der Waals surface area contributed by atoms with Gasteiger partial charge in [-0.1, -0.05) is 30.8 Å². The van der Waals surface area contributed by atoms with E-state index in [1.54, 1.807) is 12.4 Å². The van der Waals surface area contributed by atoms with Gasteiger partial charge in [-0.2, -0.15) is 4.98 Å². The summed E-state index contributed by atoms with van der Waals surface area (Å²) in [5.74, 6) is 1.92. The number of rotatable bonds is 5. The van der Waals surface area contributed by atoms with Gasteiger partial charge in [0.25, 0.3) is 5.22 Å². The molecule has 0 radical (unpaired) electrons. The van der Waals surface area contributed by atoms with Crippen LogP contribution in [0.2, 0.25) is 0 Å². The predicted octanol–water partition coefficient (Wildman–Crippen LogP) is 3.49. The fraction of sp³-hybridized carbons (Fsp3) is 0.357. The molecule has 0 fully saturated rings. The lowest BCUT2D eigenvalue weighted by molar-refractivity contribution is 0.372. The summed E-state index contributed by atoms with van der Waals surface area (Å²) < 4.78 is 10.9. The quantitative estimate of drug-likeness (QED) is 0.660. The Kier molecular flexibility index (Phi) is 4.19. The summed E-state index contributed by atoms with van der Waals surface area (Å²) >= 11 is 1.38. The van der Waals surface area contributed by atoms with E-state index in [0.29, 0.717) is 22.8 Å². The van der Waals surface area contributed by atoms with E-state index >= 15 is 0 Å². The minimum Gasteiger partial charge on any atom is -0.411 e. The summed E-state index contributed by atoms with van der Waals surface area (Å²) in [7, 11) is 0. The molecule has 0 aliphatic rings. The molecule has 0 unspecified atom stereocenters. The summed E-state index contributed by atoms with van der Waals surface area (Å²) in [6.07, 6.45) is 3.37. The third kappa shape index (κ3) is 3.16. The first-order valence-electron chi connectivity index (χ1n) is 6.87. The molecular formula is C14H15N5O2S. The van der Waals surface area contributed by atoms with Crippen LogP contribution < -0.4 is 0 Å². The number of hydrogen-bond acceptors (Lipinski definition) is 8. The standard InChI is InChI=1S/C14H15N5O2S/c1-8(2)11-16-12(21-19-11)9(3)22-14-18-17-13(20-14)10-5-4-6-15-7-10/h4-9H,1-3H3/t9-/m1/s1. The Bertz CT molecular complexity index is 741. The highest BCUT2D eigenvalue weighted by atomic mass is 32.2. The van der Waals surface area contributed by atoms with Crippen LogP contribution in [-0.2, 0) is 0 Å². The van der Waals surface area contributed by atoms with Crippen LogP contribution >= 0.6 is 11.8 Å². The van der Waals surface area contributed by atoms with Gasteiger partial charge < -0.3 is 8.94 Å². The number of pyridine rings is 1. The van der Waals surface area contributed by atoms with Gasteiger partial charge in [0.15, 0.2) is 5.82 Å². The van der Waals surface area contributed by atoms with Crippen LogP contribution in [0.5, 0.6) is 0 Å². The zero-order valence-corrected chi connectivity index (χ0v) is 13.2. The third-order valence-corrected chi connectivity index (χ3v) is 3.84. The molecule has 0 aromatic carbocycles. The predicted molar refractivity (Wildman–Crippen MR) is 80.2 cm³/mol. The van der Waals surface area contributed by atoms with E-state index in [0.717, 1.165) is 5.56 Å². The van der Waals surface area contributed by atoms with Crippen molar-refractivity contribution < 1.29 is 8.94 Å². The van der Waals surface area contributed by atoms with Crippen LogP contribution in [0.15, 0.2) is 38.7 Å². The normalized spacial score (nSPS) is 12.7. The number of hydrogen-bond donors (Lipinski definition) is 0. The molecule has 3 heterocycles. The molecule has 3 aromatic heterocycles. The largest absolute Gasteiger partial charge is 0.411 e. The van der Waals surface area contributed by atoms with E-state index in [1.165, 1.54) is 11.8 Å². The summed E-state index contributed by atoms with van der Waals surface area (Å²) in [6, 6.07) is 3.69. The molecule has 0 bridgehead atoms. The minimum absolute atomic E-state index is 0.0674. The van der Waals surface area contributed by atoms with E-state index < -0.39 is 0 Å². The highest BCUT2D eigenvalue weighted by molar-refractivity contribution is 7.99. The van der Waals surface area contributed by atoms with Gasteiger partial charge in [-0.25, -0.2) is 0 Å².